The maximum atomic E-state index is 11.7. The lowest BCUT2D eigenvalue weighted by atomic mass is 9.49. The Labute approximate surface area is 112 Å². The summed E-state index contributed by atoms with van der Waals surface area (Å²) in [5.41, 5.74) is 0.113. The van der Waals surface area contributed by atoms with Gasteiger partial charge in [0.2, 0.25) is 0 Å². The standard InChI is InChI=1S/C15H20O4/c1-15-7-9-4-10(8-15)6-11(5-9)14(15)19-13(18)3-2-12(16)17/h2-3,9-11,14H,4-8H2,1H3,(H,16,17). The maximum absolute atomic E-state index is 11.7. The van der Waals surface area contributed by atoms with E-state index in [1.165, 1.54) is 19.3 Å². The van der Waals surface area contributed by atoms with Crippen molar-refractivity contribution in [1.82, 2.24) is 0 Å². The number of carboxylic acids is 1. The van der Waals surface area contributed by atoms with Gasteiger partial charge in [0.1, 0.15) is 6.10 Å². The van der Waals surface area contributed by atoms with Crippen molar-refractivity contribution in [3.8, 4) is 0 Å². The van der Waals surface area contributed by atoms with E-state index in [-0.39, 0.29) is 11.5 Å². The van der Waals surface area contributed by atoms with E-state index in [0.29, 0.717) is 5.92 Å². The first-order valence-corrected chi connectivity index (χ1v) is 7.08. The average molecular weight is 264 g/mol. The fraction of sp³-hybridized carbons (Fsp3) is 0.733. The van der Waals surface area contributed by atoms with Gasteiger partial charge in [0.25, 0.3) is 0 Å². The molecule has 1 N–H and O–H groups in total. The summed E-state index contributed by atoms with van der Waals surface area (Å²) in [6.45, 7) is 2.23. The van der Waals surface area contributed by atoms with Crippen molar-refractivity contribution in [2.75, 3.05) is 0 Å². The van der Waals surface area contributed by atoms with Crippen LogP contribution in [0.3, 0.4) is 0 Å². The largest absolute Gasteiger partial charge is 0.478 e. The number of rotatable bonds is 3. The first-order chi connectivity index (χ1) is 8.96. The molecule has 0 aromatic heterocycles. The van der Waals surface area contributed by atoms with E-state index >= 15 is 0 Å². The Hall–Kier alpha value is -1.32. The van der Waals surface area contributed by atoms with Crippen molar-refractivity contribution >= 4 is 11.9 Å². The molecule has 4 fully saturated rings. The Morgan fingerprint density at radius 1 is 1.16 bits per heavy atom. The monoisotopic (exact) mass is 264 g/mol. The van der Waals surface area contributed by atoms with E-state index in [1.807, 2.05) is 0 Å². The molecule has 19 heavy (non-hydrogen) atoms. The molecule has 0 aromatic rings. The Balaban J connectivity index is 1.71. The van der Waals surface area contributed by atoms with E-state index in [0.717, 1.165) is 36.8 Å². The minimum absolute atomic E-state index is 0.0220. The topological polar surface area (TPSA) is 63.6 Å². The number of ether oxygens (including phenoxy) is 1. The van der Waals surface area contributed by atoms with Gasteiger partial charge in [-0.15, -0.1) is 0 Å². The molecule has 4 aliphatic carbocycles. The fourth-order valence-corrected chi connectivity index (χ4v) is 4.94. The Morgan fingerprint density at radius 2 is 1.79 bits per heavy atom. The predicted molar refractivity (Wildman–Crippen MR) is 68.3 cm³/mol. The number of hydrogen-bond donors (Lipinski definition) is 1. The molecule has 104 valence electrons. The van der Waals surface area contributed by atoms with Crippen LogP contribution in [0.15, 0.2) is 12.2 Å². The van der Waals surface area contributed by atoms with E-state index < -0.39 is 11.9 Å². The molecule has 4 heteroatoms. The second-order valence-corrected chi connectivity index (χ2v) is 6.79. The number of carbonyl (C=O) groups is 2. The minimum Gasteiger partial charge on any atom is -0.478 e. The molecule has 0 spiro atoms. The van der Waals surface area contributed by atoms with Crippen molar-refractivity contribution in [2.45, 2.75) is 45.1 Å². The van der Waals surface area contributed by atoms with E-state index in [1.54, 1.807) is 0 Å². The number of carboxylic acid groups (broad SMARTS) is 1. The third-order valence-corrected chi connectivity index (χ3v) is 5.17. The lowest BCUT2D eigenvalue weighted by molar-refractivity contribution is -0.185. The molecule has 4 aliphatic rings. The quantitative estimate of drug-likeness (QED) is 0.628. The molecule has 0 aliphatic heterocycles. The summed E-state index contributed by atoms with van der Waals surface area (Å²) >= 11 is 0. The highest BCUT2D eigenvalue weighted by Gasteiger charge is 2.56. The Kier molecular flexibility index (Phi) is 2.91. The average Bonchev–Trinajstić information content (AvgIpc) is 2.30. The molecular formula is C15H20O4. The van der Waals surface area contributed by atoms with Gasteiger partial charge in [-0.3, -0.25) is 0 Å². The van der Waals surface area contributed by atoms with Crippen LogP contribution in [0.4, 0.5) is 0 Å². The van der Waals surface area contributed by atoms with Crippen molar-refractivity contribution < 1.29 is 19.4 Å². The molecule has 0 radical (unpaired) electrons. The van der Waals surface area contributed by atoms with Crippen molar-refractivity contribution in [2.24, 2.45) is 23.2 Å². The first kappa shape index (κ1) is 12.7. The molecule has 3 atom stereocenters. The summed E-state index contributed by atoms with van der Waals surface area (Å²) in [6, 6.07) is 0. The van der Waals surface area contributed by atoms with Crippen molar-refractivity contribution in [1.29, 1.82) is 0 Å². The van der Waals surface area contributed by atoms with Crippen LogP contribution in [0.25, 0.3) is 0 Å². The molecule has 4 bridgehead atoms. The zero-order chi connectivity index (χ0) is 13.6. The molecular weight excluding hydrogens is 244 g/mol. The molecule has 4 saturated carbocycles. The maximum Gasteiger partial charge on any atom is 0.331 e. The molecule has 4 nitrogen and oxygen atoms in total. The normalized spacial score (nSPS) is 43.6. The van der Waals surface area contributed by atoms with Gasteiger partial charge in [0.05, 0.1) is 0 Å². The van der Waals surface area contributed by atoms with E-state index in [9.17, 15) is 9.59 Å². The van der Waals surface area contributed by atoms with E-state index in [4.69, 9.17) is 9.84 Å². The zero-order valence-corrected chi connectivity index (χ0v) is 11.2. The second-order valence-electron chi connectivity index (χ2n) is 6.79. The lowest BCUT2D eigenvalue weighted by Crippen LogP contribution is -2.55. The third kappa shape index (κ3) is 2.28. The van der Waals surface area contributed by atoms with Gasteiger partial charge in [-0.2, -0.15) is 0 Å². The number of esters is 1. The van der Waals surface area contributed by atoms with Crippen molar-refractivity contribution in [3.63, 3.8) is 0 Å². The Bertz CT molecular complexity index is 425. The summed E-state index contributed by atoms with van der Waals surface area (Å²) in [7, 11) is 0. The highest BCUT2D eigenvalue weighted by molar-refractivity contribution is 5.90. The summed E-state index contributed by atoms with van der Waals surface area (Å²) in [5.74, 6) is 0.479. The predicted octanol–water partition coefficient (Wildman–Crippen LogP) is 2.39. The smallest absolute Gasteiger partial charge is 0.331 e. The fourth-order valence-electron chi connectivity index (χ4n) is 4.94. The number of carbonyl (C=O) groups excluding carboxylic acids is 1. The highest BCUT2D eigenvalue weighted by atomic mass is 16.5. The zero-order valence-electron chi connectivity index (χ0n) is 11.2. The molecule has 0 heterocycles. The van der Waals surface area contributed by atoms with Crippen LogP contribution in [0.2, 0.25) is 0 Å². The van der Waals surface area contributed by atoms with Gasteiger partial charge < -0.3 is 9.84 Å². The van der Waals surface area contributed by atoms with Crippen LogP contribution in [0.1, 0.15) is 39.0 Å². The third-order valence-electron chi connectivity index (χ3n) is 5.17. The molecule has 0 saturated heterocycles. The Morgan fingerprint density at radius 3 is 2.32 bits per heavy atom. The first-order valence-electron chi connectivity index (χ1n) is 7.08. The van der Waals surface area contributed by atoms with Crippen LogP contribution >= 0.6 is 0 Å². The highest BCUT2D eigenvalue weighted by Crippen LogP contribution is 2.60. The van der Waals surface area contributed by atoms with Crippen LogP contribution in [-0.2, 0) is 14.3 Å². The van der Waals surface area contributed by atoms with Crippen LogP contribution in [-0.4, -0.2) is 23.1 Å². The van der Waals surface area contributed by atoms with Crippen molar-refractivity contribution in [3.05, 3.63) is 12.2 Å². The van der Waals surface area contributed by atoms with Gasteiger partial charge >= 0.3 is 11.9 Å². The summed E-state index contributed by atoms with van der Waals surface area (Å²) in [6.07, 6.45) is 7.86. The van der Waals surface area contributed by atoms with E-state index in [2.05, 4.69) is 6.92 Å². The number of hydrogen-bond acceptors (Lipinski definition) is 3. The summed E-state index contributed by atoms with van der Waals surface area (Å²) in [4.78, 5) is 22.1. The molecule has 0 aromatic carbocycles. The van der Waals surface area contributed by atoms with Crippen LogP contribution < -0.4 is 0 Å². The number of aliphatic carboxylic acids is 1. The van der Waals surface area contributed by atoms with Gasteiger partial charge in [0, 0.05) is 17.6 Å². The second kappa shape index (κ2) is 4.36. The summed E-state index contributed by atoms with van der Waals surface area (Å²) in [5, 5.41) is 8.53. The van der Waals surface area contributed by atoms with Crippen LogP contribution in [0, 0.1) is 23.2 Å². The van der Waals surface area contributed by atoms with Gasteiger partial charge in [0.15, 0.2) is 0 Å². The molecule has 0 amide bonds. The summed E-state index contributed by atoms with van der Waals surface area (Å²) < 4.78 is 5.59. The van der Waals surface area contributed by atoms with Crippen LogP contribution in [0.5, 0.6) is 0 Å². The minimum atomic E-state index is -1.12. The SMILES string of the molecule is CC12CC3CC(CC(C3)C1OC(=O)C=CC(=O)O)C2. The van der Waals surface area contributed by atoms with Gasteiger partial charge in [-0.1, -0.05) is 6.92 Å². The van der Waals surface area contributed by atoms with Gasteiger partial charge in [-0.25, -0.2) is 9.59 Å². The lowest BCUT2D eigenvalue weighted by Gasteiger charge is -2.59. The molecule has 4 rings (SSSR count). The molecule has 3 unspecified atom stereocenters. The van der Waals surface area contributed by atoms with Gasteiger partial charge in [-0.05, 0) is 49.9 Å².